The fourth-order valence-electron chi connectivity index (χ4n) is 3.01. The van der Waals surface area contributed by atoms with Crippen LogP contribution in [0.1, 0.15) is 28.9 Å². The summed E-state index contributed by atoms with van der Waals surface area (Å²) in [5, 5.41) is 3.01. The number of nitrogens with zero attached hydrogens (tertiary/aromatic N) is 1. The average Bonchev–Trinajstić information content (AvgIpc) is 2.92. The zero-order chi connectivity index (χ0) is 21.4. The van der Waals surface area contributed by atoms with Crippen LogP contribution in [0.25, 0.3) is 0 Å². The topological polar surface area (TPSA) is 78.5 Å². The lowest BCUT2D eigenvalue weighted by atomic mass is 10.0. The van der Waals surface area contributed by atoms with Gasteiger partial charge in [0.05, 0.1) is 11.6 Å². The molecule has 1 aliphatic rings. The Morgan fingerprint density at radius 2 is 1.66 bits per heavy atom. The van der Waals surface area contributed by atoms with Crippen molar-refractivity contribution in [3.8, 4) is 0 Å². The first-order valence-electron chi connectivity index (χ1n) is 8.43. The summed E-state index contributed by atoms with van der Waals surface area (Å²) < 4.78 is 55.5. The normalized spacial score (nSPS) is 20.4. The van der Waals surface area contributed by atoms with Gasteiger partial charge < -0.3 is 5.32 Å². The second-order valence-corrected chi connectivity index (χ2v) is 6.37. The van der Waals surface area contributed by atoms with Crippen molar-refractivity contribution in [1.82, 2.24) is 15.5 Å². The van der Waals surface area contributed by atoms with Gasteiger partial charge in [-0.3, -0.25) is 19.8 Å². The van der Waals surface area contributed by atoms with Gasteiger partial charge in [-0.05, 0) is 24.6 Å². The number of carbonyl (C=O) groups is 3. The fraction of sp³-hybridized carbons (Fsp3) is 0.211. The molecule has 2 aromatic carbocycles. The Morgan fingerprint density at radius 3 is 2.24 bits per heavy atom. The average molecular weight is 409 g/mol. The Labute approximate surface area is 162 Å². The van der Waals surface area contributed by atoms with E-state index < -0.39 is 47.1 Å². The van der Waals surface area contributed by atoms with Gasteiger partial charge in [-0.2, -0.15) is 13.2 Å². The Hall–Kier alpha value is -3.43. The van der Waals surface area contributed by atoms with E-state index in [4.69, 9.17) is 0 Å². The lowest BCUT2D eigenvalue weighted by Crippen LogP contribution is -2.69. The molecule has 29 heavy (non-hydrogen) atoms. The number of hydrogen-bond acceptors (Lipinski definition) is 3. The quantitative estimate of drug-likeness (QED) is 0.602. The molecule has 152 valence electrons. The zero-order valence-electron chi connectivity index (χ0n) is 15.0. The molecule has 0 aromatic heterocycles. The van der Waals surface area contributed by atoms with Gasteiger partial charge in [-0.25, -0.2) is 9.18 Å². The summed E-state index contributed by atoms with van der Waals surface area (Å²) in [5.74, 6) is -4.28. The number of benzene rings is 2. The van der Waals surface area contributed by atoms with Crippen LogP contribution in [0, 0.1) is 5.82 Å². The highest BCUT2D eigenvalue weighted by Crippen LogP contribution is 2.37. The van der Waals surface area contributed by atoms with Gasteiger partial charge in [0.25, 0.3) is 17.5 Å². The number of amides is 4. The Kier molecular flexibility index (Phi) is 5.04. The third kappa shape index (κ3) is 3.41. The predicted octanol–water partition coefficient (Wildman–Crippen LogP) is 3.13. The van der Waals surface area contributed by atoms with Gasteiger partial charge >= 0.3 is 12.2 Å². The summed E-state index contributed by atoms with van der Waals surface area (Å²) >= 11 is 0. The minimum atomic E-state index is -5.38. The molecule has 1 heterocycles. The van der Waals surface area contributed by atoms with Gasteiger partial charge in [-0.15, -0.1) is 0 Å². The molecule has 6 nitrogen and oxygen atoms in total. The van der Waals surface area contributed by atoms with Gasteiger partial charge in [-0.1, -0.05) is 42.5 Å². The zero-order valence-corrected chi connectivity index (χ0v) is 15.0. The fourth-order valence-corrected chi connectivity index (χ4v) is 3.01. The smallest absolute Gasteiger partial charge is 0.314 e. The number of alkyl halides is 3. The van der Waals surface area contributed by atoms with Gasteiger partial charge in [0.2, 0.25) is 0 Å². The highest BCUT2D eigenvalue weighted by molar-refractivity contribution is 6.10. The van der Waals surface area contributed by atoms with Crippen LogP contribution in [0.15, 0.2) is 54.6 Å². The Balaban J connectivity index is 1.99. The second-order valence-electron chi connectivity index (χ2n) is 6.37. The molecular formula is C19H15F4N3O3. The Morgan fingerprint density at radius 1 is 1.07 bits per heavy atom. The maximum Gasteiger partial charge on any atom is 0.440 e. The van der Waals surface area contributed by atoms with Gasteiger partial charge in [0, 0.05) is 0 Å². The standard InChI is InChI=1S/C19H15F4N3O3/c1-11(12-7-3-2-4-8-12)26-16(28)18(19(21,22)23,25-17(26)29)24-15(27)13-9-5-6-10-14(13)20/h2-11H,1H3,(H,24,27)(H,25,29)/t11-,18-/m1/s1. The van der Waals surface area contributed by atoms with E-state index in [1.807, 2.05) is 0 Å². The van der Waals surface area contributed by atoms with Crippen LogP contribution in [0.5, 0.6) is 0 Å². The van der Waals surface area contributed by atoms with Crippen LogP contribution >= 0.6 is 0 Å². The van der Waals surface area contributed by atoms with Crippen molar-refractivity contribution < 1.29 is 31.9 Å². The lowest BCUT2D eigenvalue weighted by molar-refractivity contribution is -0.200. The maximum atomic E-state index is 13.9. The van der Waals surface area contributed by atoms with E-state index in [0.29, 0.717) is 10.5 Å². The number of imide groups is 1. The number of carbonyl (C=O) groups excluding carboxylic acids is 3. The van der Waals surface area contributed by atoms with Crippen LogP contribution in [0.2, 0.25) is 0 Å². The maximum absolute atomic E-state index is 13.9. The van der Waals surface area contributed by atoms with Crippen LogP contribution < -0.4 is 10.6 Å². The predicted molar refractivity (Wildman–Crippen MR) is 92.9 cm³/mol. The molecule has 1 fully saturated rings. The molecule has 1 aliphatic heterocycles. The monoisotopic (exact) mass is 409 g/mol. The molecule has 0 unspecified atom stereocenters. The summed E-state index contributed by atoms with van der Waals surface area (Å²) in [6.07, 6.45) is -5.38. The molecule has 2 aromatic rings. The number of hydrogen-bond donors (Lipinski definition) is 2. The third-order valence-electron chi connectivity index (χ3n) is 4.57. The van der Waals surface area contributed by atoms with E-state index in [9.17, 15) is 31.9 Å². The van der Waals surface area contributed by atoms with Gasteiger partial charge in [0.1, 0.15) is 5.82 Å². The molecule has 2 atom stereocenters. The van der Waals surface area contributed by atoms with E-state index >= 15 is 0 Å². The Bertz CT molecular complexity index is 965. The first kappa shape index (κ1) is 20.3. The molecule has 4 amide bonds. The van der Waals surface area contributed by atoms with Crippen LogP contribution in [0.3, 0.4) is 0 Å². The van der Waals surface area contributed by atoms with E-state index in [1.165, 1.54) is 41.8 Å². The largest absolute Gasteiger partial charge is 0.440 e. The van der Waals surface area contributed by atoms with Crippen LogP contribution in [-0.4, -0.2) is 34.6 Å². The van der Waals surface area contributed by atoms with Crippen LogP contribution in [-0.2, 0) is 4.79 Å². The SMILES string of the molecule is C[C@H](c1ccccc1)N1C(=O)N[C@@](NC(=O)c2ccccc2F)(C(F)(F)F)C1=O. The van der Waals surface area contributed by atoms with Crippen molar-refractivity contribution in [2.75, 3.05) is 0 Å². The molecule has 0 radical (unpaired) electrons. The number of urea groups is 1. The summed E-state index contributed by atoms with van der Waals surface area (Å²) in [7, 11) is 0. The first-order valence-corrected chi connectivity index (χ1v) is 8.43. The molecule has 2 N–H and O–H groups in total. The molecular weight excluding hydrogens is 394 g/mol. The summed E-state index contributed by atoms with van der Waals surface area (Å²) in [6, 6.07) is 9.89. The van der Waals surface area contributed by atoms with E-state index in [0.717, 1.165) is 12.1 Å². The highest BCUT2D eigenvalue weighted by atomic mass is 19.4. The van der Waals surface area contributed by atoms with Crippen molar-refractivity contribution in [2.24, 2.45) is 0 Å². The van der Waals surface area contributed by atoms with Crippen LogP contribution in [0.4, 0.5) is 22.4 Å². The molecule has 3 rings (SSSR count). The number of nitrogens with one attached hydrogen (secondary N) is 2. The first-order chi connectivity index (χ1) is 13.6. The van der Waals surface area contributed by atoms with E-state index in [-0.39, 0.29) is 0 Å². The summed E-state index contributed by atoms with van der Waals surface area (Å²) in [5.41, 5.74) is -4.01. The lowest BCUT2D eigenvalue weighted by Gasteiger charge is -2.30. The van der Waals surface area contributed by atoms with Crippen molar-refractivity contribution in [3.63, 3.8) is 0 Å². The second kappa shape index (κ2) is 7.19. The van der Waals surface area contributed by atoms with E-state index in [2.05, 4.69) is 0 Å². The minimum Gasteiger partial charge on any atom is -0.314 e. The van der Waals surface area contributed by atoms with Crippen molar-refractivity contribution >= 4 is 17.8 Å². The van der Waals surface area contributed by atoms with Gasteiger partial charge in [0.15, 0.2) is 0 Å². The number of halogens is 4. The van der Waals surface area contributed by atoms with E-state index in [1.54, 1.807) is 18.2 Å². The summed E-state index contributed by atoms with van der Waals surface area (Å²) in [4.78, 5) is 37.8. The molecule has 0 aliphatic carbocycles. The van der Waals surface area contributed by atoms with Crippen molar-refractivity contribution in [3.05, 3.63) is 71.5 Å². The summed E-state index contributed by atoms with van der Waals surface area (Å²) in [6.45, 7) is 1.37. The number of rotatable bonds is 4. The molecule has 10 heteroatoms. The third-order valence-corrected chi connectivity index (χ3v) is 4.57. The minimum absolute atomic E-state index is 0.379. The van der Waals surface area contributed by atoms with Crippen molar-refractivity contribution in [1.29, 1.82) is 0 Å². The molecule has 0 spiro atoms. The highest BCUT2D eigenvalue weighted by Gasteiger charge is 2.69. The molecule has 1 saturated heterocycles. The van der Waals surface area contributed by atoms with Crippen molar-refractivity contribution in [2.45, 2.75) is 24.8 Å². The molecule has 0 saturated carbocycles. The molecule has 0 bridgehead atoms.